The Kier molecular flexibility index (Phi) is 5.37. The average Bonchev–Trinajstić information content (AvgIpc) is 2.42. The largest absolute Gasteiger partial charge is 0.316 e. The Morgan fingerprint density at radius 2 is 2.25 bits per heavy atom. The van der Waals surface area contributed by atoms with Gasteiger partial charge in [-0.3, -0.25) is 0 Å². The van der Waals surface area contributed by atoms with Crippen molar-refractivity contribution in [2.24, 2.45) is 5.92 Å². The van der Waals surface area contributed by atoms with Crippen molar-refractivity contribution in [2.75, 3.05) is 19.6 Å². The summed E-state index contributed by atoms with van der Waals surface area (Å²) in [6.45, 7) is 2.28. The summed E-state index contributed by atoms with van der Waals surface area (Å²) in [5.41, 5.74) is 0. The molecular formula is C13H18ClFN2O2S. The maximum absolute atomic E-state index is 13.1. The van der Waals surface area contributed by atoms with Crippen LogP contribution in [0.2, 0.25) is 5.02 Å². The van der Waals surface area contributed by atoms with Gasteiger partial charge in [-0.2, -0.15) is 0 Å². The first-order valence-corrected chi connectivity index (χ1v) is 8.50. The summed E-state index contributed by atoms with van der Waals surface area (Å²) >= 11 is 5.81. The normalized spacial score (nSPS) is 20.0. The fraction of sp³-hybridized carbons (Fsp3) is 0.538. The molecule has 1 aromatic rings. The van der Waals surface area contributed by atoms with Gasteiger partial charge in [0.1, 0.15) is 10.7 Å². The fourth-order valence-corrected chi connectivity index (χ4v) is 3.89. The zero-order valence-corrected chi connectivity index (χ0v) is 12.6. The molecule has 0 saturated carbocycles. The lowest BCUT2D eigenvalue weighted by Gasteiger charge is -2.22. The summed E-state index contributed by atoms with van der Waals surface area (Å²) in [4.78, 5) is -0.207. The number of benzene rings is 1. The van der Waals surface area contributed by atoms with Gasteiger partial charge in [0.25, 0.3) is 0 Å². The first-order chi connectivity index (χ1) is 9.49. The highest BCUT2D eigenvalue weighted by atomic mass is 35.5. The maximum atomic E-state index is 13.1. The number of rotatable bonds is 5. The van der Waals surface area contributed by atoms with E-state index in [0.29, 0.717) is 12.5 Å². The van der Waals surface area contributed by atoms with Crippen LogP contribution >= 0.6 is 11.6 Å². The molecule has 20 heavy (non-hydrogen) atoms. The molecule has 112 valence electrons. The van der Waals surface area contributed by atoms with Crippen molar-refractivity contribution < 1.29 is 12.8 Å². The van der Waals surface area contributed by atoms with Crippen LogP contribution in [0.3, 0.4) is 0 Å². The monoisotopic (exact) mass is 320 g/mol. The second kappa shape index (κ2) is 6.85. The van der Waals surface area contributed by atoms with Crippen LogP contribution in [-0.4, -0.2) is 28.1 Å². The van der Waals surface area contributed by atoms with Gasteiger partial charge in [0, 0.05) is 6.54 Å². The van der Waals surface area contributed by atoms with E-state index in [1.807, 2.05) is 0 Å². The van der Waals surface area contributed by atoms with E-state index in [1.165, 1.54) is 6.07 Å². The third kappa shape index (κ3) is 4.15. The second-order valence-electron chi connectivity index (χ2n) is 4.97. The van der Waals surface area contributed by atoms with Gasteiger partial charge >= 0.3 is 0 Å². The number of halogens is 2. The molecule has 0 radical (unpaired) electrons. The van der Waals surface area contributed by atoms with Crippen LogP contribution in [0.4, 0.5) is 4.39 Å². The van der Waals surface area contributed by atoms with Gasteiger partial charge in [-0.25, -0.2) is 17.5 Å². The average molecular weight is 321 g/mol. The van der Waals surface area contributed by atoms with Crippen LogP contribution < -0.4 is 10.0 Å². The van der Waals surface area contributed by atoms with E-state index in [9.17, 15) is 12.8 Å². The van der Waals surface area contributed by atoms with Gasteiger partial charge in [-0.15, -0.1) is 0 Å². The van der Waals surface area contributed by atoms with Crippen molar-refractivity contribution in [1.82, 2.24) is 10.0 Å². The van der Waals surface area contributed by atoms with Gasteiger partial charge in [0.05, 0.1) is 5.02 Å². The third-order valence-corrected chi connectivity index (χ3v) is 5.37. The number of piperidine rings is 1. The summed E-state index contributed by atoms with van der Waals surface area (Å²) in [5.74, 6) is -0.138. The summed E-state index contributed by atoms with van der Waals surface area (Å²) in [6, 6.07) is 3.32. The number of hydrogen-bond donors (Lipinski definition) is 2. The van der Waals surface area contributed by atoms with Crippen LogP contribution in [0.5, 0.6) is 0 Å². The van der Waals surface area contributed by atoms with Crippen molar-refractivity contribution in [3.63, 3.8) is 0 Å². The lowest BCUT2D eigenvalue weighted by Crippen LogP contribution is -2.33. The van der Waals surface area contributed by atoms with Gasteiger partial charge in [-0.05, 0) is 56.5 Å². The summed E-state index contributed by atoms with van der Waals surface area (Å²) in [5, 5.41) is 3.31. The summed E-state index contributed by atoms with van der Waals surface area (Å²) < 4.78 is 39.8. The molecule has 0 bridgehead atoms. The zero-order valence-electron chi connectivity index (χ0n) is 11.0. The van der Waals surface area contributed by atoms with E-state index < -0.39 is 15.8 Å². The van der Waals surface area contributed by atoms with Gasteiger partial charge in [-0.1, -0.05) is 11.6 Å². The molecule has 4 nitrogen and oxygen atoms in total. The minimum absolute atomic E-state index is 0.0261. The van der Waals surface area contributed by atoms with Crippen LogP contribution in [0, 0.1) is 11.7 Å². The SMILES string of the molecule is O=S(=O)(NCCC1CCCNC1)c1cc(F)ccc1Cl. The molecule has 0 spiro atoms. The third-order valence-electron chi connectivity index (χ3n) is 3.43. The van der Waals surface area contributed by atoms with Crippen molar-refractivity contribution in [3.05, 3.63) is 29.0 Å². The molecule has 1 aliphatic rings. The molecule has 0 amide bonds. The predicted molar refractivity (Wildman–Crippen MR) is 76.8 cm³/mol. The van der Waals surface area contributed by atoms with Gasteiger partial charge in [0.15, 0.2) is 0 Å². The first kappa shape index (κ1) is 15.7. The second-order valence-corrected chi connectivity index (χ2v) is 7.12. The zero-order chi connectivity index (χ0) is 14.6. The highest BCUT2D eigenvalue weighted by Crippen LogP contribution is 2.22. The molecule has 2 rings (SSSR count). The molecule has 7 heteroatoms. The van der Waals surface area contributed by atoms with Crippen molar-refractivity contribution in [2.45, 2.75) is 24.2 Å². The van der Waals surface area contributed by atoms with Crippen LogP contribution in [0.15, 0.2) is 23.1 Å². The Hall–Kier alpha value is -0.690. The molecule has 1 aromatic carbocycles. The van der Waals surface area contributed by atoms with E-state index in [2.05, 4.69) is 10.0 Å². The Balaban J connectivity index is 1.95. The van der Waals surface area contributed by atoms with Crippen molar-refractivity contribution in [1.29, 1.82) is 0 Å². The molecule has 1 aliphatic heterocycles. The van der Waals surface area contributed by atoms with Crippen LogP contribution in [0.1, 0.15) is 19.3 Å². The molecule has 2 N–H and O–H groups in total. The molecule has 1 unspecified atom stereocenters. The summed E-state index contributed by atoms with van der Waals surface area (Å²) in [6.07, 6.45) is 2.99. The number of hydrogen-bond acceptors (Lipinski definition) is 3. The highest BCUT2D eigenvalue weighted by molar-refractivity contribution is 7.89. The van der Waals surface area contributed by atoms with Crippen molar-refractivity contribution >= 4 is 21.6 Å². The molecular weight excluding hydrogens is 303 g/mol. The molecule has 1 atom stereocenters. The smallest absolute Gasteiger partial charge is 0.242 e. The Morgan fingerprint density at radius 1 is 1.45 bits per heavy atom. The van der Waals surface area contributed by atoms with E-state index in [4.69, 9.17) is 11.6 Å². The van der Waals surface area contributed by atoms with E-state index in [1.54, 1.807) is 0 Å². The minimum atomic E-state index is -3.76. The fourth-order valence-electron chi connectivity index (χ4n) is 2.33. The van der Waals surface area contributed by atoms with Crippen LogP contribution in [0.25, 0.3) is 0 Å². The topological polar surface area (TPSA) is 58.2 Å². The maximum Gasteiger partial charge on any atom is 0.242 e. The highest BCUT2D eigenvalue weighted by Gasteiger charge is 2.19. The molecule has 1 heterocycles. The molecule has 1 saturated heterocycles. The number of nitrogens with one attached hydrogen (secondary N) is 2. The Labute approximate surface area is 123 Å². The molecule has 0 aromatic heterocycles. The quantitative estimate of drug-likeness (QED) is 0.874. The first-order valence-electron chi connectivity index (χ1n) is 6.64. The standard InChI is InChI=1S/C13H18ClFN2O2S/c14-12-4-3-11(15)8-13(12)20(18,19)17-7-5-10-2-1-6-16-9-10/h3-4,8,10,16-17H,1-2,5-7,9H2. The Morgan fingerprint density at radius 3 is 2.95 bits per heavy atom. The van der Waals surface area contributed by atoms with Gasteiger partial charge < -0.3 is 5.32 Å². The minimum Gasteiger partial charge on any atom is -0.316 e. The summed E-state index contributed by atoms with van der Waals surface area (Å²) in [7, 11) is -3.76. The molecule has 0 aliphatic carbocycles. The lowest BCUT2D eigenvalue weighted by atomic mass is 9.96. The predicted octanol–water partition coefficient (Wildman–Crippen LogP) is 2.15. The molecule has 1 fully saturated rings. The van der Waals surface area contributed by atoms with Crippen LogP contribution in [-0.2, 0) is 10.0 Å². The Bertz CT molecular complexity index is 559. The van der Waals surface area contributed by atoms with Gasteiger partial charge in [0.2, 0.25) is 10.0 Å². The number of sulfonamides is 1. The lowest BCUT2D eigenvalue weighted by molar-refractivity contribution is 0.358. The van der Waals surface area contributed by atoms with Crippen molar-refractivity contribution in [3.8, 4) is 0 Å². The van der Waals surface area contributed by atoms with E-state index in [0.717, 1.165) is 44.5 Å². The van der Waals surface area contributed by atoms with E-state index in [-0.39, 0.29) is 9.92 Å². The van der Waals surface area contributed by atoms with E-state index >= 15 is 0 Å².